The second kappa shape index (κ2) is 11.1. The molecule has 1 N–H and O–H groups in total. The number of fused-ring (bicyclic) bond motifs is 5. The molecule has 5 atom stereocenters. The smallest absolute Gasteiger partial charge is 0.115 e. The number of phenolic OH excluding ortho intramolecular Hbond substituents is 1. The van der Waals surface area contributed by atoms with Crippen molar-refractivity contribution >= 4 is 12.2 Å². The zero-order valence-electron chi connectivity index (χ0n) is 20.7. The molecule has 0 bridgehead atoms. The van der Waals surface area contributed by atoms with Gasteiger partial charge in [-0.05, 0) is 97.8 Å². The summed E-state index contributed by atoms with van der Waals surface area (Å²) in [5, 5.41) is 9.93. The van der Waals surface area contributed by atoms with E-state index in [1.54, 1.807) is 12.2 Å². The van der Waals surface area contributed by atoms with Crippen molar-refractivity contribution < 1.29 is 9.29 Å². The molecule has 3 nitrogen and oxygen atoms in total. The molecule has 180 valence electrons. The molecule has 0 saturated heterocycles. The van der Waals surface area contributed by atoms with E-state index in [4.69, 9.17) is 4.18 Å². The second-order valence-corrected chi connectivity index (χ2v) is 11.8. The summed E-state index contributed by atoms with van der Waals surface area (Å²) in [6.07, 6.45) is 15.6. The number of nitrogens with zero attached hydrogens (tertiary/aromatic N) is 1. The number of hydrogen-bond donors (Lipinski definition) is 1. The van der Waals surface area contributed by atoms with Crippen molar-refractivity contribution in [1.29, 1.82) is 0 Å². The average molecular weight is 460 g/mol. The minimum atomic E-state index is 0.321. The van der Waals surface area contributed by atoms with E-state index in [1.165, 1.54) is 81.8 Å². The highest BCUT2D eigenvalue weighted by Crippen LogP contribution is 2.62. The first kappa shape index (κ1) is 24.4. The molecule has 1 aromatic rings. The van der Waals surface area contributed by atoms with Crippen LogP contribution in [0.3, 0.4) is 0 Å². The molecule has 5 unspecified atom stereocenters. The summed E-state index contributed by atoms with van der Waals surface area (Å²) in [6.45, 7) is 9.42. The molecule has 1 aromatic carbocycles. The quantitative estimate of drug-likeness (QED) is 0.207. The molecular weight excluding hydrogens is 414 g/mol. The molecule has 2 fully saturated rings. The van der Waals surface area contributed by atoms with E-state index in [2.05, 4.69) is 31.1 Å². The molecule has 2 saturated carbocycles. The largest absolute Gasteiger partial charge is 0.508 e. The number of unbranched alkanes of at least 4 members (excludes halogenated alkanes) is 4. The van der Waals surface area contributed by atoms with E-state index in [0.717, 1.165) is 31.3 Å². The summed E-state index contributed by atoms with van der Waals surface area (Å²) >= 11 is 1.70. The highest BCUT2D eigenvalue weighted by atomic mass is 32.2. The fourth-order valence-corrected chi connectivity index (χ4v) is 8.00. The van der Waals surface area contributed by atoms with Gasteiger partial charge >= 0.3 is 0 Å². The van der Waals surface area contributed by atoms with Crippen molar-refractivity contribution in [3.63, 3.8) is 0 Å². The lowest BCUT2D eigenvalue weighted by Crippen LogP contribution is -2.44. The van der Waals surface area contributed by atoms with Crippen LogP contribution in [-0.2, 0) is 10.6 Å². The monoisotopic (exact) mass is 459 g/mol. The maximum Gasteiger partial charge on any atom is 0.115 e. The highest BCUT2D eigenvalue weighted by Gasteiger charge is 2.55. The Morgan fingerprint density at radius 1 is 1.03 bits per heavy atom. The first-order valence-corrected chi connectivity index (χ1v) is 14.2. The molecule has 3 aliphatic carbocycles. The van der Waals surface area contributed by atoms with Gasteiger partial charge in [0.05, 0.1) is 18.3 Å². The Kier molecular flexibility index (Phi) is 8.50. The summed E-state index contributed by atoms with van der Waals surface area (Å²) in [7, 11) is 0. The minimum absolute atomic E-state index is 0.321. The maximum absolute atomic E-state index is 9.93. The Labute approximate surface area is 201 Å². The number of aromatic hydroxyl groups is 1. The molecule has 4 rings (SSSR count). The highest BCUT2D eigenvalue weighted by molar-refractivity contribution is 7.92. The molecule has 0 aliphatic heterocycles. The SMILES string of the molecule is CCCCCN(CCCCC)SOC1CCC2C3CCc4cc(O)ccc4C3CCC12C. The van der Waals surface area contributed by atoms with E-state index in [0.29, 0.717) is 23.2 Å². The van der Waals surface area contributed by atoms with Crippen LogP contribution in [0.4, 0.5) is 0 Å². The van der Waals surface area contributed by atoms with Gasteiger partial charge in [-0.2, -0.15) is 0 Å². The lowest BCUT2D eigenvalue weighted by atomic mass is 9.55. The van der Waals surface area contributed by atoms with Crippen molar-refractivity contribution in [2.75, 3.05) is 13.1 Å². The summed E-state index contributed by atoms with van der Waals surface area (Å²) < 4.78 is 9.18. The Bertz CT molecular complexity index is 730. The molecule has 4 heteroatoms. The van der Waals surface area contributed by atoms with Gasteiger partial charge in [-0.1, -0.05) is 52.5 Å². The second-order valence-electron chi connectivity index (χ2n) is 10.9. The predicted molar refractivity (Wildman–Crippen MR) is 136 cm³/mol. The van der Waals surface area contributed by atoms with E-state index < -0.39 is 0 Å². The van der Waals surface area contributed by atoms with Crippen molar-refractivity contribution in [3.8, 4) is 5.75 Å². The molecule has 32 heavy (non-hydrogen) atoms. The van der Waals surface area contributed by atoms with Crippen LogP contribution in [0.2, 0.25) is 0 Å². The molecule has 3 aliphatic rings. The van der Waals surface area contributed by atoms with E-state index in [9.17, 15) is 5.11 Å². The van der Waals surface area contributed by atoms with Crippen LogP contribution in [0, 0.1) is 17.3 Å². The van der Waals surface area contributed by atoms with Gasteiger partial charge in [0.1, 0.15) is 5.75 Å². The fraction of sp³-hybridized carbons (Fsp3) is 0.786. The van der Waals surface area contributed by atoms with E-state index >= 15 is 0 Å². The number of rotatable bonds is 11. The standard InChI is InChI=1S/C28H45NO2S/c1-4-6-8-18-29(19-9-7-5-2)32-31-27-15-14-26-25-12-10-21-20-22(30)11-13-23(21)24(25)16-17-28(26,27)3/h11,13,20,24-27,30H,4-10,12,14-19H2,1-3H3. The molecule has 0 radical (unpaired) electrons. The number of benzene rings is 1. The minimum Gasteiger partial charge on any atom is -0.508 e. The average Bonchev–Trinajstić information content (AvgIpc) is 3.13. The molecule has 0 heterocycles. The lowest BCUT2D eigenvalue weighted by Gasteiger charge is -2.50. The fourth-order valence-electron chi connectivity index (χ4n) is 7.05. The van der Waals surface area contributed by atoms with Crippen LogP contribution in [0.1, 0.15) is 108 Å². The lowest BCUT2D eigenvalue weighted by molar-refractivity contribution is -0.00459. The molecule has 0 aromatic heterocycles. The zero-order valence-corrected chi connectivity index (χ0v) is 21.5. The molecule has 0 spiro atoms. The summed E-state index contributed by atoms with van der Waals surface area (Å²) in [5.41, 5.74) is 3.24. The van der Waals surface area contributed by atoms with Gasteiger partial charge in [-0.25, -0.2) is 4.31 Å². The Balaban J connectivity index is 1.38. The topological polar surface area (TPSA) is 32.7 Å². The summed E-state index contributed by atoms with van der Waals surface area (Å²) in [6, 6.07) is 6.13. The first-order valence-electron chi connectivity index (χ1n) is 13.5. The van der Waals surface area contributed by atoms with E-state index in [1.807, 2.05) is 12.1 Å². The van der Waals surface area contributed by atoms with Gasteiger partial charge in [0.2, 0.25) is 0 Å². The third-order valence-electron chi connectivity index (χ3n) is 8.91. The van der Waals surface area contributed by atoms with Crippen LogP contribution in [0.5, 0.6) is 5.75 Å². The van der Waals surface area contributed by atoms with E-state index in [-0.39, 0.29) is 0 Å². The Morgan fingerprint density at radius 3 is 2.50 bits per heavy atom. The Morgan fingerprint density at radius 2 is 1.78 bits per heavy atom. The van der Waals surface area contributed by atoms with Crippen molar-refractivity contribution in [2.24, 2.45) is 17.3 Å². The Hall–Kier alpha value is -0.710. The van der Waals surface area contributed by atoms with Crippen LogP contribution >= 0.6 is 12.2 Å². The first-order chi connectivity index (χ1) is 15.6. The third kappa shape index (κ3) is 5.18. The van der Waals surface area contributed by atoms with Crippen LogP contribution in [0.15, 0.2) is 18.2 Å². The van der Waals surface area contributed by atoms with Gasteiger partial charge < -0.3 is 5.11 Å². The van der Waals surface area contributed by atoms with Gasteiger partial charge in [0.25, 0.3) is 0 Å². The summed E-state index contributed by atoms with van der Waals surface area (Å²) in [5.74, 6) is 2.68. The predicted octanol–water partition coefficient (Wildman–Crippen LogP) is 7.88. The molecular formula is C28H45NO2S. The van der Waals surface area contributed by atoms with Gasteiger partial charge in [0.15, 0.2) is 0 Å². The van der Waals surface area contributed by atoms with Crippen molar-refractivity contribution in [1.82, 2.24) is 4.31 Å². The van der Waals surface area contributed by atoms with Gasteiger partial charge in [-0.15, -0.1) is 0 Å². The normalized spacial score (nSPS) is 31.4. The third-order valence-corrected chi connectivity index (χ3v) is 9.80. The molecule has 0 amide bonds. The number of phenols is 1. The van der Waals surface area contributed by atoms with Gasteiger partial charge in [-0.3, -0.25) is 4.18 Å². The maximum atomic E-state index is 9.93. The van der Waals surface area contributed by atoms with Crippen LogP contribution in [-0.4, -0.2) is 28.6 Å². The van der Waals surface area contributed by atoms with Crippen molar-refractivity contribution in [2.45, 2.75) is 110 Å². The van der Waals surface area contributed by atoms with Crippen LogP contribution < -0.4 is 0 Å². The van der Waals surface area contributed by atoms with Crippen molar-refractivity contribution in [3.05, 3.63) is 29.3 Å². The number of aryl methyl sites for hydroxylation is 1. The number of hydrogen-bond acceptors (Lipinski definition) is 4. The van der Waals surface area contributed by atoms with Gasteiger partial charge in [0, 0.05) is 13.1 Å². The zero-order chi connectivity index (χ0) is 22.6. The summed E-state index contributed by atoms with van der Waals surface area (Å²) in [4.78, 5) is 0. The van der Waals surface area contributed by atoms with Crippen LogP contribution in [0.25, 0.3) is 0 Å².